The van der Waals surface area contributed by atoms with Crippen LogP contribution in [-0.4, -0.2) is 72.1 Å². The van der Waals surface area contributed by atoms with E-state index in [-0.39, 0.29) is 23.6 Å². The van der Waals surface area contributed by atoms with Gasteiger partial charge in [0.15, 0.2) is 0 Å². The van der Waals surface area contributed by atoms with E-state index in [1.54, 1.807) is 24.3 Å². The molecule has 0 bridgehead atoms. The number of carbonyl (C=O) groups excluding carboxylic acids is 4. The molecule has 0 aromatic heterocycles. The summed E-state index contributed by atoms with van der Waals surface area (Å²) in [5.41, 5.74) is 1.50. The Morgan fingerprint density at radius 1 is 0.667 bits per heavy atom. The largest absolute Gasteiger partial charge is 0.309 e. The quantitative estimate of drug-likeness (QED) is 0.660. The molecule has 0 atom stereocenters. The first-order valence-electron chi connectivity index (χ1n) is 10.3. The molecule has 0 unspecified atom stereocenters. The number of rotatable bonds is 7. The highest BCUT2D eigenvalue weighted by atomic mass is 16.2. The lowest BCUT2D eigenvalue weighted by Gasteiger charge is -2.32. The fraction of sp³-hybridized carbons (Fsp3) is 0.391. The molecule has 4 rings (SSSR count). The van der Waals surface area contributed by atoms with Gasteiger partial charge in [0, 0.05) is 46.1 Å². The minimum Gasteiger partial charge on any atom is -0.309 e. The first-order chi connectivity index (χ1) is 14.4. The van der Waals surface area contributed by atoms with E-state index < -0.39 is 0 Å². The fourth-order valence-electron chi connectivity index (χ4n) is 4.24. The topological polar surface area (TPSA) is 78.0 Å². The van der Waals surface area contributed by atoms with Gasteiger partial charge in [-0.15, -0.1) is 0 Å². The summed E-state index contributed by atoms with van der Waals surface area (Å²) in [5, 5.41) is 0.864. The van der Waals surface area contributed by atoms with Crippen LogP contribution in [0.5, 0.6) is 0 Å². The maximum absolute atomic E-state index is 13.1. The number of nitrogens with zero attached hydrogens (tertiary/aromatic N) is 3. The van der Waals surface area contributed by atoms with Gasteiger partial charge in [-0.2, -0.15) is 0 Å². The summed E-state index contributed by atoms with van der Waals surface area (Å²) in [6, 6.07) is 6.46. The number of hydrogen-bond donors (Lipinski definition) is 0. The summed E-state index contributed by atoms with van der Waals surface area (Å²) in [6.07, 6.45) is 2.26. The maximum Gasteiger partial charge on any atom is 0.261 e. The van der Waals surface area contributed by atoms with Gasteiger partial charge < -0.3 is 4.90 Å². The van der Waals surface area contributed by atoms with Gasteiger partial charge in [0.25, 0.3) is 23.6 Å². The molecule has 7 heteroatoms. The molecule has 0 spiro atoms. The van der Waals surface area contributed by atoms with E-state index in [1.807, 2.05) is 25.9 Å². The van der Waals surface area contributed by atoms with Crippen molar-refractivity contribution < 1.29 is 19.2 Å². The molecular weight excluding hydrogens is 382 g/mol. The smallest absolute Gasteiger partial charge is 0.261 e. The summed E-state index contributed by atoms with van der Waals surface area (Å²) >= 11 is 0. The molecule has 0 N–H and O–H groups in total. The lowest BCUT2D eigenvalue weighted by atomic mass is 9.86. The Kier molecular flexibility index (Phi) is 5.15. The molecule has 7 nitrogen and oxygen atoms in total. The van der Waals surface area contributed by atoms with Gasteiger partial charge in [-0.25, -0.2) is 0 Å². The highest BCUT2D eigenvalue weighted by Crippen LogP contribution is 2.37. The van der Waals surface area contributed by atoms with Crippen molar-refractivity contribution in [3.8, 4) is 0 Å². The minimum absolute atomic E-state index is 0.322. The van der Waals surface area contributed by atoms with Crippen molar-refractivity contribution in [2.45, 2.75) is 26.2 Å². The van der Waals surface area contributed by atoms with Gasteiger partial charge >= 0.3 is 0 Å². The second-order valence-corrected chi connectivity index (χ2v) is 8.11. The van der Waals surface area contributed by atoms with Gasteiger partial charge in [-0.05, 0) is 57.7 Å². The van der Waals surface area contributed by atoms with Crippen molar-refractivity contribution in [2.24, 2.45) is 0 Å². The molecule has 0 aliphatic carbocycles. The molecule has 30 heavy (non-hydrogen) atoms. The molecule has 2 aliphatic heterocycles. The molecule has 0 saturated carbocycles. The summed E-state index contributed by atoms with van der Waals surface area (Å²) in [6.45, 7) is 3.44. The molecule has 2 aliphatic rings. The maximum atomic E-state index is 13.1. The zero-order valence-electron chi connectivity index (χ0n) is 17.5. The Hall–Kier alpha value is -3.06. The van der Waals surface area contributed by atoms with Crippen molar-refractivity contribution in [3.63, 3.8) is 0 Å². The number of benzene rings is 2. The van der Waals surface area contributed by atoms with Crippen LogP contribution in [0.25, 0.3) is 10.8 Å². The SMILES string of the molecule is CCCCN1C(=O)c2ccc3c4c(ccc(c24)C1=O)C(=O)N(CCCN(C)C)C3=O. The standard InChI is InChI=1S/C23H25N3O4/c1-4-5-12-25-20(27)14-7-9-16-19-17(10-8-15(18(14)19)21(25)28)23(30)26(22(16)29)13-6-11-24(2)3/h7-10H,4-6,11-13H2,1-3H3. The molecule has 0 radical (unpaired) electrons. The molecule has 0 saturated heterocycles. The Bertz CT molecular complexity index is 1020. The van der Waals surface area contributed by atoms with E-state index in [0.29, 0.717) is 52.5 Å². The number of carbonyl (C=O) groups is 4. The van der Waals surface area contributed by atoms with Gasteiger partial charge in [0.1, 0.15) is 0 Å². The molecule has 156 valence electrons. The molecule has 4 amide bonds. The zero-order valence-corrected chi connectivity index (χ0v) is 17.5. The van der Waals surface area contributed by atoms with E-state index >= 15 is 0 Å². The van der Waals surface area contributed by atoms with Gasteiger partial charge in [-0.1, -0.05) is 13.3 Å². The molecule has 2 aromatic rings. The van der Waals surface area contributed by atoms with E-state index in [0.717, 1.165) is 19.4 Å². The van der Waals surface area contributed by atoms with Crippen LogP contribution in [-0.2, 0) is 0 Å². The monoisotopic (exact) mass is 407 g/mol. The number of amides is 4. The van der Waals surface area contributed by atoms with Crippen molar-refractivity contribution in [3.05, 3.63) is 46.5 Å². The summed E-state index contributed by atoms with van der Waals surface area (Å²) in [4.78, 5) is 56.7. The molecule has 2 aromatic carbocycles. The Morgan fingerprint density at radius 3 is 1.37 bits per heavy atom. The Balaban J connectivity index is 1.81. The van der Waals surface area contributed by atoms with Gasteiger partial charge in [-0.3, -0.25) is 29.0 Å². The predicted octanol–water partition coefficient (Wildman–Crippen LogP) is 2.78. The molecular formula is C23H25N3O4. The molecule has 2 heterocycles. The minimum atomic E-state index is -0.372. The van der Waals surface area contributed by atoms with Crippen LogP contribution in [0, 0.1) is 0 Å². The zero-order chi connectivity index (χ0) is 21.6. The van der Waals surface area contributed by atoms with Crippen LogP contribution in [0.3, 0.4) is 0 Å². The van der Waals surface area contributed by atoms with Gasteiger partial charge in [0.05, 0.1) is 0 Å². The Morgan fingerprint density at radius 2 is 1.03 bits per heavy atom. The predicted molar refractivity (Wildman–Crippen MR) is 113 cm³/mol. The van der Waals surface area contributed by atoms with Crippen LogP contribution in [0.4, 0.5) is 0 Å². The average molecular weight is 407 g/mol. The summed E-state index contributed by atoms with van der Waals surface area (Å²) in [5.74, 6) is -1.47. The summed E-state index contributed by atoms with van der Waals surface area (Å²) in [7, 11) is 3.88. The second-order valence-electron chi connectivity index (χ2n) is 8.11. The second kappa shape index (κ2) is 7.65. The lowest BCUT2D eigenvalue weighted by molar-refractivity contribution is 0.0585. The number of unbranched alkanes of at least 4 members (excludes halogenated alkanes) is 1. The first kappa shape index (κ1) is 20.2. The van der Waals surface area contributed by atoms with Crippen LogP contribution in [0.15, 0.2) is 24.3 Å². The van der Waals surface area contributed by atoms with Crippen LogP contribution < -0.4 is 0 Å². The summed E-state index contributed by atoms with van der Waals surface area (Å²) < 4.78 is 0. The average Bonchev–Trinajstić information content (AvgIpc) is 2.72. The van der Waals surface area contributed by atoms with Crippen LogP contribution in [0.1, 0.15) is 67.6 Å². The van der Waals surface area contributed by atoms with E-state index in [4.69, 9.17) is 0 Å². The lowest BCUT2D eigenvalue weighted by Crippen LogP contribution is -2.44. The van der Waals surface area contributed by atoms with Crippen molar-refractivity contribution in [1.82, 2.24) is 14.7 Å². The third-order valence-corrected chi connectivity index (χ3v) is 5.79. The number of hydrogen-bond acceptors (Lipinski definition) is 5. The van der Waals surface area contributed by atoms with Crippen molar-refractivity contribution in [2.75, 3.05) is 33.7 Å². The fourth-order valence-corrected chi connectivity index (χ4v) is 4.24. The highest BCUT2D eigenvalue weighted by molar-refractivity contribution is 6.33. The van der Waals surface area contributed by atoms with E-state index in [9.17, 15) is 19.2 Å². The van der Waals surface area contributed by atoms with Crippen LogP contribution in [0.2, 0.25) is 0 Å². The van der Waals surface area contributed by atoms with Crippen molar-refractivity contribution in [1.29, 1.82) is 0 Å². The molecule has 0 fully saturated rings. The first-order valence-corrected chi connectivity index (χ1v) is 10.3. The van der Waals surface area contributed by atoms with Gasteiger partial charge in [0.2, 0.25) is 0 Å². The number of imide groups is 2. The highest BCUT2D eigenvalue weighted by Gasteiger charge is 2.39. The third kappa shape index (κ3) is 3.01. The van der Waals surface area contributed by atoms with E-state index in [2.05, 4.69) is 0 Å². The Labute approximate surface area is 175 Å². The van der Waals surface area contributed by atoms with Crippen LogP contribution >= 0.6 is 0 Å². The van der Waals surface area contributed by atoms with E-state index in [1.165, 1.54) is 9.80 Å². The van der Waals surface area contributed by atoms with Crippen molar-refractivity contribution >= 4 is 34.4 Å². The third-order valence-electron chi connectivity index (χ3n) is 5.79. The normalized spacial score (nSPS) is 15.7.